The molecular weight excluding hydrogens is 240 g/mol. The van der Waals surface area contributed by atoms with Crippen molar-refractivity contribution in [3.8, 4) is 0 Å². The van der Waals surface area contributed by atoms with Gasteiger partial charge in [0.25, 0.3) is 0 Å². The lowest BCUT2D eigenvalue weighted by Crippen LogP contribution is -2.38. The first-order valence-electron chi connectivity index (χ1n) is 6.83. The second-order valence-corrected chi connectivity index (χ2v) is 5.50. The molecule has 2 N–H and O–H groups in total. The average molecular weight is 258 g/mol. The lowest BCUT2D eigenvalue weighted by atomic mass is 9.68. The molecule has 1 aliphatic rings. The van der Waals surface area contributed by atoms with Gasteiger partial charge in [0.05, 0.1) is 10.9 Å². The quantitative estimate of drug-likeness (QED) is 0.869. The van der Waals surface area contributed by atoms with Crippen molar-refractivity contribution in [2.75, 3.05) is 0 Å². The molecule has 1 saturated carbocycles. The van der Waals surface area contributed by atoms with E-state index >= 15 is 0 Å². The molecule has 3 rings (SSSR count). The average Bonchev–Trinajstić information content (AvgIpc) is 2.81. The minimum absolute atomic E-state index is 0.694. The number of nitrogens with zero attached hydrogens (tertiary/aromatic N) is 1. The number of carboxylic acid groups (broad SMARTS) is 1. The summed E-state index contributed by atoms with van der Waals surface area (Å²) in [7, 11) is 0. The van der Waals surface area contributed by atoms with Gasteiger partial charge in [0.1, 0.15) is 0 Å². The SMILES string of the molecule is Cc1[nH]nc2cccc(C3(C(=O)O)CCCCC3)c12. The monoisotopic (exact) mass is 258 g/mol. The van der Waals surface area contributed by atoms with Gasteiger partial charge < -0.3 is 5.11 Å². The number of fused-ring (bicyclic) bond motifs is 1. The molecule has 19 heavy (non-hydrogen) atoms. The summed E-state index contributed by atoms with van der Waals surface area (Å²) >= 11 is 0. The Bertz CT molecular complexity index is 624. The lowest BCUT2D eigenvalue weighted by Gasteiger charge is -2.34. The Morgan fingerprint density at radius 3 is 2.74 bits per heavy atom. The van der Waals surface area contributed by atoms with Gasteiger partial charge in [-0.05, 0) is 31.4 Å². The zero-order valence-corrected chi connectivity index (χ0v) is 11.1. The van der Waals surface area contributed by atoms with Gasteiger partial charge in [0.2, 0.25) is 0 Å². The van der Waals surface area contributed by atoms with Gasteiger partial charge in [-0.3, -0.25) is 9.89 Å². The van der Waals surface area contributed by atoms with Crippen LogP contribution < -0.4 is 0 Å². The van der Waals surface area contributed by atoms with Crippen LogP contribution >= 0.6 is 0 Å². The number of carboxylic acids is 1. The molecule has 1 heterocycles. The highest BCUT2D eigenvalue weighted by Gasteiger charge is 2.42. The van der Waals surface area contributed by atoms with Crippen LogP contribution in [-0.4, -0.2) is 21.3 Å². The van der Waals surface area contributed by atoms with Crippen molar-refractivity contribution in [2.24, 2.45) is 0 Å². The van der Waals surface area contributed by atoms with E-state index < -0.39 is 11.4 Å². The van der Waals surface area contributed by atoms with Crippen molar-refractivity contribution in [2.45, 2.75) is 44.4 Å². The lowest BCUT2D eigenvalue weighted by molar-refractivity contribution is -0.145. The highest BCUT2D eigenvalue weighted by atomic mass is 16.4. The van der Waals surface area contributed by atoms with Crippen LogP contribution in [0.5, 0.6) is 0 Å². The van der Waals surface area contributed by atoms with E-state index in [1.807, 2.05) is 25.1 Å². The van der Waals surface area contributed by atoms with Gasteiger partial charge in [0.15, 0.2) is 0 Å². The summed E-state index contributed by atoms with van der Waals surface area (Å²) in [6, 6.07) is 5.81. The van der Waals surface area contributed by atoms with Crippen molar-refractivity contribution < 1.29 is 9.90 Å². The number of carbonyl (C=O) groups is 1. The Morgan fingerprint density at radius 1 is 1.32 bits per heavy atom. The molecule has 0 aliphatic heterocycles. The molecule has 1 aliphatic carbocycles. The summed E-state index contributed by atoms with van der Waals surface area (Å²) in [5, 5.41) is 18.0. The van der Waals surface area contributed by atoms with E-state index in [1.54, 1.807) is 0 Å². The van der Waals surface area contributed by atoms with E-state index in [1.165, 1.54) is 0 Å². The van der Waals surface area contributed by atoms with Crippen LogP contribution in [-0.2, 0) is 10.2 Å². The highest BCUT2D eigenvalue weighted by molar-refractivity contribution is 5.93. The molecule has 0 amide bonds. The van der Waals surface area contributed by atoms with E-state index in [2.05, 4.69) is 10.2 Å². The maximum absolute atomic E-state index is 11.9. The third kappa shape index (κ3) is 1.74. The largest absolute Gasteiger partial charge is 0.481 e. The Hall–Kier alpha value is -1.84. The molecule has 0 spiro atoms. The number of aromatic amines is 1. The van der Waals surface area contributed by atoms with Crippen molar-refractivity contribution >= 4 is 16.9 Å². The van der Waals surface area contributed by atoms with E-state index in [4.69, 9.17) is 0 Å². The Balaban J connectivity index is 2.26. The molecule has 4 heteroatoms. The molecule has 100 valence electrons. The standard InChI is InChI=1S/C15H18N2O2/c1-10-13-11(6-5-7-12(13)17-16-10)15(14(18)19)8-3-2-4-9-15/h5-7H,2-4,8-9H2,1H3,(H,16,17)(H,18,19). The fourth-order valence-electron chi connectivity index (χ4n) is 3.38. The number of benzene rings is 1. The molecule has 0 radical (unpaired) electrons. The first-order chi connectivity index (χ1) is 9.15. The van der Waals surface area contributed by atoms with Crippen molar-refractivity contribution in [1.82, 2.24) is 10.2 Å². The van der Waals surface area contributed by atoms with Crippen LogP contribution in [0.25, 0.3) is 10.9 Å². The van der Waals surface area contributed by atoms with Gasteiger partial charge >= 0.3 is 5.97 Å². The molecule has 1 aromatic heterocycles. The topological polar surface area (TPSA) is 66.0 Å². The molecular formula is C15H18N2O2. The molecule has 1 fully saturated rings. The van der Waals surface area contributed by atoms with Gasteiger partial charge in [-0.1, -0.05) is 31.4 Å². The molecule has 0 saturated heterocycles. The smallest absolute Gasteiger partial charge is 0.314 e. The summed E-state index contributed by atoms with van der Waals surface area (Å²) in [4.78, 5) is 11.9. The Morgan fingerprint density at radius 2 is 2.05 bits per heavy atom. The molecule has 2 aromatic rings. The van der Waals surface area contributed by atoms with Crippen LogP contribution in [0, 0.1) is 6.92 Å². The van der Waals surface area contributed by atoms with Gasteiger partial charge in [0, 0.05) is 11.1 Å². The number of aromatic nitrogens is 2. The van der Waals surface area contributed by atoms with E-state index in [-0.39, 0.29) is 0 Å². The number of hydrogen-bond acceptors (Lipinski definition) is 2. The first-order valence-corrected chi connectivity index (χ1v) is 6.83. The molecule has 1 aromatic carbocycles. The van der Waals surface area contributed by atoms with Crippen LogP contribution in [0.2, 0.25) is 0 Å². The number of hydrogen-bond donors (Lipinski definition) is 2. The third-order valence-electron chi connectivity index (χ3n) is 4.39. The summed E-state index contributed by atoms with van der Waals surface area (Å²) in [6.45, 7) is 1.96. The van der Waals surface area contributed by atoms with E-state index in [0.717, 1.165) is 54.3 Å². The first kappa shape index (κ1) is 12.2. The predicted octanol–water partition coefficient (Wildman–Crippen LogP) is 3.16. The second kappa shape index (κ2) is 4.37. The normalized spacial score (nSPS) is 18.6. The fourth-order valence-corrected chi connectivity index (χ4v) is 3.38. The van der Waals surface area contributed by atoms with Crippen molar-refractivity contribution in [3.63, 3.8) is 0 Å². The minimum Gasteiger partial charge on any atom is -0.481 e. The number of H-pyrrole nitrogens is 1. The zero-order valence-electron chi connectivity index (χ0n) is 11.1. The maximum Gasteiger partial charge on any atom is 0.314 e. The van der Waals surface area contributed by atoms with Gasteiger partial charge in [-0.15, -0.1) is 0 Å². The summed E-state index contributed by atoms with van der Waals surface area (Å²) in [5.74, 6) is -0.694. The van der Waals surface area contributed by atoms with Crippen LogP contribution in [0.4, 0.5) is 0 Å². The third-order valence-corrected chi connectivity index (χ3v) is 4.39. The van der Waals surface area contributed by atoms with Crippen LogP contribution in [0.15, 0.2) is 18.2 Å². The zero-order chi connectivity index (χ0) is 13.5. The predicted molar refractivity (Wildman–Crippen MR) is 73.2 cm³/mol. The minimum atomic E-state index is -0.730. The molecule has 0 atom stereocenters. The molecule has 4 nitrogen and oxygen atoms in total. The number of nitrogens with one attached hydrogen (secondary N) is 1. The van der Waals surface area contributed by atoms with Crippen LogP contribution in [0.1, 0.15) is 43.4 Å². The van der Waals surface area contributed by atoms with Gasteiger partial charge in [-0.25, -0.2) is 0 Å². The fraction of sp³-hybridized carbons (Fsp3) is 0.467. The number of aliphatic carboxylic acids is 1. The van der Waals surface area contributed by atoms with Crippen molar-refractivity contribution in [1.29, 1.82) is 0 Å². The number of rotatable bonds is 2. The number of aryl methyl sites for hydroxylation is 1. The van der Waals surface area contributed by atoms with Gasteiger partial charge in [-0.2, -0.15) is 5.10 Å². The van der Waals surface area contributed by atoms with Crippen molar-refractivity contribution in [3.05, 3.63) is 29.5 Å². The van der Waals surface area contributed by atoms with Crippen LogP contribution in [0.3, 0.4) is 0 Å². The highest BCUT2D eigenvalue weighted by Crippen LogP contribution is 2.42. The van der Waals surface area contributed by atoms with E-state index in [9.17, 15) is 9.90 Å². The Labute approximate surface area is 111 Å². The summed E-state index contributed by atoms with van der Waals surface area (Å²) in [5.41, 5.74) is 2.02. The maximum atomic E-state index is 11.9. The molecule has 0 bridgehead atoms. The molecule has 0 unspecified atom stereocenters. The second-order valence-electron chi connectivity index (χ2n) is 5.50. The summed E-state index contributed by atoms with van der Waals surface area (Å²) in [6.07, 6.45) is 4.56. The summed E-state index contributed by atoms with van der Waals surface area (Å²) < 4.78 is 0. The Kier molecular flexibility index (Phi) is 2.81. The van der Waals surface area contributed by atoms with E-state index in [0.29, 0.717) is 0 Å².